The van der Waals surface area contributed by atoms with Gasteiger partial charge in [0.1, 0.15) is 12.4 Å². The Hall–Kier alpha value is -3.60. The van der Waals surface area contributed by atoms with Gasteiger partial charge >= 0.3 is 5.97 Å². The first-order valence-corrected chi connectivity index (χ1v) is 9.36. The van der Waals surface area contributed by atoms with Gasteiger partial charge in [0.15, 0.2) is 0 Å². The molecule has 0 radical (unpaired) electrons. The molecule has 0 spiro atoms. The second-order valence-electron chi connectivity index (χ2n) is 6.92. The van der Waals surface area contributed by atoms with Crippen LogP contribution in [0.3, 0.4) is 0 Å². The monoisotopic (exact) mass is 389 g/mol. The second kappa shape index (κ2) is 9.55. The third-order valence-corrected chi connectivity index (χ3v) is 4.32. The SMILES string of the molecule is Cc1cccc(COc2cccc(CC(=O)Nc3cccc(CC(=O)O)c3)c2)c1. The molecule has 0 bridgehead atoms. The van der Waals surface area contributed by atoms with Crippen LogP contribution in [0.25, 0.3) is 0 Å². The summed E-state index contributed by atoms with van der Waals surface area (Å²) in [6.07, 6.45) is 0.120. The number of aliphatic carboxylic acids is 1. The normalized spacial score (nSPS) is 10.4. The predicted octanol–water partition coefficient (Wildman–Crippen LogP) is 4.38. The summed E-state index contributed by atoms with van der Waals surface area (Å²) >= 11 is 0. The van der Waals surface area contributed by atoms with E-state index < -0.39 is 5.97 Å². The van der Waals surface area contributed by atoms with Crippen molar-refractivity contribution >= 4 is 17.6 Å². The van der Waals surface area contributed by atoms with Gasteiger partial charge in [0.25, 0.3) is 0 Å². The van der Waals surface area contributed by atoms with E-state index >= 15 is 0 Å². The molecule has 2 N–H and O–H groups in total. The Morgan fingerprint density at radius 3 is 2.31 bits per heavy atom. The maximum atomic E-state index is 12.4. The van der Waals surface area contributed by atoms with Gasteiger partial charge in [0.05, 0.1) is 12.8 Å². The van der Waals surface area contributed by atoms with Gasteiger partial charge in [-0.05, 0) is 47.9 Å². The Kier molecular flexibility index (Phi) is 6.63. The summed E-state index contributed by atoms with van der Waals surface area (Å²) in [7, 11) is 0. The molecule has 0 aliphatic heterocycles. The van der Waals surface area contributed by atoms with Crippen LogP contribution in [0.15, 0.2) is 72.8 Å². The van der Waals surface area contributed by atoms with Gasteiger partial charge in [-0.25, -0.2) is 0 Å². The summed E-state index contributed by atoms with van der Waals surface area (Å²) in [5.41, 5.74) is 4.34. The lowest BCUT2D eigenvalue weighted by Crippen LogP contribution is -2.14. The molecule has 29 heavy (non-hydrogen) atoms. The number of rotatable bonds is 8. The average Bonchev–Trinajstić information content (AvgIpc) is 2.66. The van der Waals surface area contributed by atoms with Gasteiger partial charge in [0.2, 0.25) is 5.91 Å². The summed E-state index contributed by atoms with van der Waals surface area (Å²) in [6, 6.07) is 22.5. The molecule has 0 unspecified atom stereocenters. The molecule has 3 aromatic carbocycles. The van der Waals surface area contributed by atoms with Crippen molar-refractivity contribution in [1.82, 2.24) is 0 Å². The lowest BCUT2D eigenvalue weighted by atomic mass is 10.1. The van der Waals surface area contributed by atoms with Crippen LogP contribution in [-0.2, 0) is 29.0 Å². The smallest absolute Gasteiger partial charge is 0.307 e. The molecule has 1 amide bonds. The Bertz CT molecular complexity index is 1010. The maximum Gasteiger partial charge on any atom is 0.307 e. The lowest BCUT2D eigenvalue weighted by Gasteiger charge is -2.10. The van der Waals surface area contributed by atoms with Crippen molar-refractivity contribution in [2.24, 2.45) is 0 Å². The number of nitrogens with one attached hydrogen (secondary N) is 1. The van der Waals surface area contributed by atoms with Crippen molar-refractivity contribution in [2.45, 2.75) is 26.4 Å². The van der Waals surface area contributed by atoms with E-state index in [1.54, 1.807) is 24.3 Å². The number of carboxylic acid groups (broad SMARTS) is 1. The molecule has 5 nitrogen and oxygen atoms in total. The van der Waals surface area contributed by atoms with E-state index in [0.29, 0.717) is 23.6 Å². The fraction of sp³-hybridized carbons (Fsp3) is 0.167. The average molecular weight is 389 g/mol. The number of carbonyl (C=O) groups is 2. The van der Waals surface area contributed by atoms with Crippen molar-refractivity contribution in [3.63, 3.8) is 0 Å². The Morgan fingerprint density at radius 2 is 1.55 bits per heavy atom. The van der Waals surface area contributed by atoms with Gasteiger partial charge in [-0.15, -0.1) is 0 Å². The molecule has 0 aliphatic rings. The quantitative estimate of drug-likeness (QED) is 0.599. The van der Waals surface area contributed by atoms with E-state index in [4.69, 9.17) is 9.84 Å². The van der Waals surface area contributed by atoms with E-state index in [0.717, 1.165) is 11.1 Å². The highest BCUT2D eigenvalue weighted by Crippen LogP contribution is 2.17. The van der Waals surface area contributed by atoms with E-state index in [9.17, 15) is 9.59 Å². The van der Waals surface area contributed by atoms with E-state index in [-0.39, 0.29) is 18.7 Å². The van der Waals surface area contributed by atoms with Crippen molar-refractivity contribution in [3.05, 3.63) is 95.1 Å². The number of amides is 1. The first kappa shape index (κ1) is 20.1. The van der Waals surface area contributed by atoms with Gasteiger partial charge in [0, 0.05) is 5.69 Å². The topological polar surface area (TPSA) is 75.6 Å². The van der Waals surface area contributed by atoms with Crippen LogP contribution in [0.2, 0.25) is 0 Å². The summed E-state index contributed by atoms with van der Waals surface area (Å²) in [6.45, 7) is 2.51. The molecule has 148 valence electrons. The van der Waals surface area contributed by atoms with Gasteiger partial charge in [-0.1, -0.05) is 54.1 Å². The minimum absolute atomic E-state index is 0.0793. The zero-order valence-corrected chi connectivity index (χ0v) is 16.2. The first-order valence-electron chi connectivity index (χ1n) is 9.36. The standard InChI is InChI=1S/C24H23NO4/c1-17-5-2-8-20(11-17)16-29-22-10-4-7-19(13-22)14-23(26)25-21-9-3-6-18(12-21)15-24(27)28/h2-13H,14-16H2,1H3,(H,25,26)(H,27,28). The molecule has 0 saturated carbocycles. The number of anilines is 1. The van der Waals surface area contributed by atoms with E-state index in [1.165, 1.54) is 5.56 Å². The van der Waals surface area contributed by atoms with Crippen molar-refractivity contribution in [1.29, 1.82) is 0 Å². The summed E-state index contributed by atoms with van der Waals surface area (Å²) in [5.74, 6) is -0.371. The van der Waals surface area contributed by atoms with Crippen LogP contribution in [0.4, 0.5) is 5.69 Å². The Morgan fingerprint density at radius 1 is 0.862 bits per heavy atom. The zero-order chi connectivity index (χ0) is 20.6. The second-order valence-corrected chi connectivity index (χ2v) is 6.92. The molecule has 0 heterocycles. The summed E-state index contributed by atoms with van der Waals surface area (Å²) < 4.78 is 5.85. The van der Waals surface area contributed by atoms with Crippen LogP contribution in [0, 0.1) is 6.92 Å². The Balaban J connectivity index is 1.58. The third kappa shape index (κ3) is 6.50. The van der Waals surface area contributed by atoms with Gasteiger partial charge in [-0.2, -0.15) is 0 Å². The minimum Gasteiger partial charge on any atom is -0.489 e. The van der Waals surface area contributed by atoms with Crippen LogP contribution < -0.4 is 10.1 Å². The number of aryl methyl sites for hydroxylation is 1. The molecule has 0 aromatic heterocycles. The van der Waals surface area contributed by atoms with E-state index in [2.05, 4.69) is 11.4 Å². The van der Waals surface area contributed by atoms with Crippen LogP contribution in [0.5, 0.6) is 5.75 Å². The summed E-state index contributed by atoms with van der Waals surface area (Å²) in [5, 5.41) is 11.7. The number of benzene rings is 3. The highest BCUT2D eigenvalue weighted by Gasteiger charge is 2.07. The van der Waals surface area contributed by atoms with Gasteiger partial charge < -0.3 is 15.2 Å². The number of hydrogen-bond donors (Lipinski definition) is 2. The molecule has 3 aromatic rings. The lowest BCUT2D eigenvalue weighted by molar-refractivity contribution is -0.136. The van der Waals surface area contributed by atoms with Crippen LogP contribution >= 0.6 is 0 Å². The molecular weight excluding hydrogens is 366 g/mol. The maximum absolute atomic E-state index is 12.4. The number of carboxylic acids is 1. The largest absolute Gasteiger partial charge is 0.489 e. The highest BCUT2D eigenvalue weighted by molar-refractivity contribution is 5.92. The van der Waals surface area contributed by atoms with Crippen molar-refractivity contribution < 1.29 is 19.4 Å². The summed E-state index contributed by atoms with van der Waals surface area (Å²) in [4.78, 5) is 23.2. The fourth-order valence-electron chi connectivity index (χ4n) is 3.04. The third-order valence-electron chi connectivity index (χ3n) is 4.32. The number of carbonyl (C=O) groups excluding carboxylic acids is 1. The van der Waals surface area contributed by atoms with E-state index in [1.807, 2.05) is 49.4 Å². The highest BCUT2D eigenvalue weighted by atomic mass is 16.5. The molecule has 3 rings (SSSR count). The number of hydrogen-bond acceptors (Lipinski definition) is 3. The molecule has 0 fully saturated rings. The zero-order valence-electron chi connectivity index (χ0n) is 16.2. The fourth-order valence-corrected chi connectivity index (χ4v) is 3.04. The van der Waals surface area contributed by atoms with Gasteiger partial charge in [-0.3, -0.25) is 9.59 Å². The molecular formula is C24H23NO4. The minimum atomic E-state index is -0.907. The first-order chi connectivity index (χ1) is 14.0. The molecule has 0 saturated heterocycles. The van der Waals surface area contributed by atoms with Crippen LogP contribution in [-0.4, -0.2) is 17.0 Å². The predicted molar refractivity (Wildman–Crippen MR) is 112 cm³/mol. The molecule has 0 aliphatic carbocycles. The Labute approximate surface area is 170 Å². The number of ether oxygens (including phenoxy) is 1. The molecule has 5 heteroatoms. The van der Waals surface area contributed by atoms with Crippen molar-refractivity contribution in [2.75, 3.05) is 5.32 Å². The van der Waals surface area contributed by atoms with Crippen LogP contribution in [0.1, 0.15) is 22.3 Å². The van der Waals surface area contributed by atoms with Crippen molar-refractivity contribution in [3.8, 4) is 5.75 Å². The molecule has 0 atom stereocenters.